The lowest BCUT2D eigenvalue weighted by Crippen LogP contribution is -2.46. The average Bonchev–Trinajstić information content (AvgIpc) is 2.78. The number of fused-ring (bicyclic) bond motifs is 1. The second kappa shape index (κ2) is 10.6. The summed E-state index contributed by atoms with van der Waals surface area (Å²) in [6.45, 7) is 8.95. The summed E-state index contributed by atoms with van der Waals surface area (Å²) in [7, 11) is -3.20. The van der Waals surface area contributed by atoms with Crippen molar-refractivity contribution < 1.29 is 8.42 Å². The minimum atomic E-state index is -3.20. The molecule has 2 heterocycles. The van der Waals surface area contributed by atoms with Crippen LogP contribution in [0.2, 0.25) is 0 Å². The van der Waals surface area contributed by atoms with Gasteiger partial charge in [0.25, 0.3) is 0 Å². The van der Waals surface area contributed by atoms with Crippen LogP contribution < -0.4 is 4.90 Å². The molecule has 1 aliphatic heterocycles. The molecular weight excluding hydrogens is 453 g/mol. The standard InChI is InChI=1S/C23H27N3O2S.2ClH/c1-3-25-13-15-26(16-14-25)23-21-8-6-5-7-19(21)17-22(24-23)18-9-11-20(12-10-18)29(27,28)4-2;;/h5-12,17H,3-4,13-16H2,1-2H3;2*1H. The molecule has 0 bridgehead atoms. The summed E-state index contributed by atoms with van der Waals surface area (Å²) in [5, 5.41) is 2.31. The van der Waals surface area contributed by atoms with Gasteiger partial charge in [-0.05, 0) is 30.1 Å². The lowest BCUT2D eigenvalue weighted by molar-refractivity contribution is 0.271. The normalized spacial score (nSPS) is 14.7. The number of aromatic nitrogens is 1. The number of rotatable bonds is 5. The molecule has 0 amide bonds. The predicted molar refractivity (Wildman–Crippen MR) is 134 cm³/mol. The van der Waals surface area contributed by atoms with Crippen molar-refractivity contribution in [1.82, 2.24) is 9.88 Å². The van der Waals surface area contributed by atoms with Gasteiger partial charge in [-0.15, -0.1) is 24.8 Å². The van der Waals surface area contributed by atoms with Crippen molar-refractivity contribution in [1.29, 1.82) is 0 Å². The Kier molecular flexibility index (Phi) is 8.72. The van der Waals surface area contributed by atoms with Crippen molar-refractivity contribution in [2.45, 2.75) is 18.7 Å². The van der Waals surface area contributed by atoms with Gasteiger partial charge in [-0.25, -0.2) is 13.4 Å². The monoisotopic (exact) mass is 481 g/mol. The van der Waals surface area contributed by atoms with Gasteiger partial charge in [0.15, 0.2) is 9.84 Å². The van der Waals surface area contributed by atoms with E-state index in [4.69, 9.17) is 4.98 Å². The van der Waals surface area contributed by atoms with Crippen LogP contribution >= 0.6 is 24.8 Å². The van der Waals surface area contributed by atoms with Gasteiger partial charge in [0.05, 0.1) is 16.3 Å². The molecular formula is C23H29Cl2N3O2S. The van der Waals surface area contributed by atoms with Gasteiger partial charge < -0.3 is 9.80 Å². The first-order chi connectivity index (χ1) is 14.0. The number of pyridine rings is 1. The average molecular weight is 482 g/mol. The predicted octanol–water partition coefficient (Wildman–Crippen LogP) is 4.68. The SMILES string of the molecule is CCN1CCN(c2nc(-c3ccc(S(=O)(=O)CC)cc3)cc3ccccc23)CC1.Cl.Cl. The third-order valence-corrected chi connectivity index (χ3v) is 7.48. The number of piperazine rings is 1. The van der Waals surface area contributed by atoms with Crippen LogP contribution in [0.15, 0.2) is 59.5 Å². The largest absolute Gasteiger partial charge is 0.354 e. The molecule has 5 nitrogen and oxygen atoms in total. The number of anilines is 1. The molecule has 3 aromatic rings. The number of hydrogen-bond donors (Lipinski definition) is 0. The minimum absolute atomic E-state index is 0. The molecule has 0 aliphatic carbocycles. The molecule has 0 saturated carbocycles. The van der Waals surface area contributed by atoms with E-state index >= 15 is 0 Å². The molecule has 1 saturated heterocycles. The number of halogens is 2. The Labute approximate surface area is 197 Å². The second-order valence-corrected chi connectivity index (χ2v) is 9.68. The van der Waals surface area contributed by atoms with E-state index in [1.54, 1.807) is 19.1 Å². The Hall–Kier alpha value is -1.86. The van der Waals surface area contributed by atoms with Crippen molar-refractivity contribution in [2.24, 2.45) is 0 Å². The third kappa shape index (κ3) is 5.32. The zero-order valence-corrected chi connectivity index (χ0v) is 20.3. The summed E-state index contributed by atoms with van der Waals surface area (Å²) in [6.07, 6.45) is 0. The van der Waals surface area contributed by atoms with Crippen LogP contribution in [0.5, 0.6) is 0 Å². The number of hydrogen-bond acceptors (Lipinski definition) is 5. The van der Waals surface area contributed by atoms with E-state index in [2.05, 4.69) is 41.0 Å². The van der Waals surface area contributed by atoms with E-state index in [0.717, 1.165) is 60.6 Å². The zero-order valence-electron chi connectivity index (χ0n) is 17.8. The molecule has 1 fully saturated rings. The van der Waals surface area contributed by atoms with Crippen LogP contribution in [0.25, 0.3) is 22.0 Å². The Morgan fingerprint density at radius 2 is 1.55 bits per heavy atom. The van der Waals surface area contributed by atoms with E-state index in [1.807, 2.05) is 18.2 Å². The highest BCUT2D eigenvalue weighted by Crippen LogP contribution is 2.31. The number of sulfone groups is 1. The lowest BCUT2D eigenvalue weighted by atomic mass is 10.1. The smallest absolute Gasteiger partial charge is 0.178 e. The summed E-state index contributed by atoms with van der Waals surface area (Å²) in [6, 6.07) is 17.5. The van der Waals surface area contributed by atoms with E-state index in [0.29, 0.717) is 4.90 Å². The molecule has 0 N–H and O–H groups in total. The van der Waals surface area contributed by atoms with Gasteiger partial charge in [-0.2, -0.15) is 0 Å². The zero-order chi connectivity index (χ0) is 20.4. The topological polar surface area (TPSA) is 53.5 Å². The molecule has 4 rings (SSSR count). The minimum Gasteiger partial charge on any atom is -0.354 e. The summed E-state index contributed by atoms with van der Waals surface area (Å²) in [5.41, 5.74) is 1.80. The molecule has 0 unspecified atom stereocenters. The maximum absolute atomic E-state index is 12.1. The highest BCUT2D eigenvalue weighted by atomic mass is 35.5. The van der Waals surface area contributed by atoms with Crippen molar-refractivity contribution in [3.05, 3.63) is 54.6 Å². The Bertz CT molecular complexity index is 1110. The molecule has 168 valence electrons. The lowest BCUT2D eigenvalue weighted by Gasteiger charge is -2.35. The van der Waals surface area contributed by atoms with Crippen molar-refractivity contribution >= 4 is 51.2 Å². The molecule has 2 aromatic carbocycles. The van der Waals surface area contributed by atoms with Crippen LogP contribution in [-0.2, 0) is 9.84 Å². The highest BCUT2D eigenvalue weighted by molar-refractivity contribution is 7.91. The molecule has 1 aliphatic rings. The molecule has 0 radical (unpaired) electrons. The molecule has 1 aromatic heterocycles. The Morgan fingerprint density at radius 1 is 0.903 bits per heavy atom. The molecule has 31 heavy (non-hydrogen) atoms. The fourth-order valence-corrected chi connectivity index (χ4v) is 4.73. The van der Waals surface area contributed by atoms with E-state index in [1.165, 1.54) is 0 Å². The van der Waals surface area contributed by atoms with E-state index < -0.39 is 9.84 Å². The molecule has 8 heteroatoms. The fourth-order valence-electron chi connectivity index (χ4n) is 3.84. The van der Waals surface area contributed by atoms with Gasteiger partial charge in [-0.1, -0.05) is 50.2 Å². The maximum Gasteiger partial charge on any atom is 0.178 e. The molecule has 0 spiro atoms. The van der Waals surface area contributed by atoms with Crippen molar-refractivity contribution in [3.8, 4) is 11.3 Å². The summed E-state index contributed by atoms with van der Waals surface area (Å²) >= 11 is 0. The van der Waals surface area contributed by atoms with Crippen LogP contribution in [0, 0.1) is 0 Å². The maximum atomic E-state index is 12.1. The number of nitrogens with zero attached hydrogens (tertiary/aromatic N) is 3. The van der Waals surface area contributed by atoms with Crippen LogP contribution in [0.3, 0.4) is 0 Å². The second-order valence-electron chi connectivity index (χ2n) is 7.40. The summed E-state index contributed by atoms with van der Waals surface area (Å²) in [5.74, 6) is 1.12. The van der Waals surface area contributed by atoms with E-state index in [-0.39, 0.29) is 30.6 Å². The first-order valence-corrected chi connectivity index (χ1v) is 11.9. The van der Waals surface area contributed by atoms with E-state index in [9.17, 15) is 8.42 Å². The number of benzene rings is 2. The summed E-state index contributed by atoms with van der Waals surface area (Å²) in [4.78, 5) is 10.2. The van der Waals surface area contributed by atoms with Gasteiger partial charge in [0.2, 0.25) is 0 Å². The molecule has 0 atom stereocenters. The Morgan fingerprint density at radius 3 is 2.16 bits per heavy atom. The first kappa shape index (κ1) is 25.4. The van der Waals surface area contributed by atoms with Crippen LogP contribution in [-0.4, -0.2) is 56.8 Å². The van der Waals surface area contributed by atoms with Gasteiger partial charge in [0, 0.05) is 37.1 Å². The summed E-state index contributed by atoms with van der Waals surface area (Å²) < 4.78 is 24.2. The fraction of sp³-hybridized carbons (Fsp3) is 0.348. The quantitative estimate of drug-likeness (QED) is 0.529. The first-order valence-electron chi connectivity index (χ1n) is 10.2. The van der Waals surface area contributed by atoms with Gasteiger partial charge >= 0.3 is 0 Å². The van der Waals surface area contributed by atoms with Gasteiger partial charge in [0.1, 0.15) is 5.82 Å². The van der Waals surface area contributed by atoms with Crippen molar-refractivity contribution in [3.63, 3.8) is 0 Å². The van der Waals surface area contributed by atoms with Crippen LogP contribution in [0.1, 0.15) is 13.8 Å². The Balaban J connectivity index is 0.00000171. The van der Waals surface area contributed by atoms with Crippen molar-refractivity contribution in [2.75, 3.05) is 43.4 Å². The highest BCUT2D eigenvalue weighted by Gasteiger charge is 2.20. The van der Waals surface area contributed by atoms with Gasteiger partial charge in [-0.3, -0.25) is 0 Å². The number of likely N-dealkylation sites (N-methyl/N-ethyl adjacent to an activating group) is 1. The third-order valence-electron chi connectivity index (χ3n) is 5.73. The van der Waals surface area contributed by atoms with Crippen LogP contribution in [0.4, 0.5) is 5.82 Å².